The van der Waals surface area contributed by atoms with E-state index < -0.39 is 11.6 Å². The van der Waals surface area contributed by atoms with Gasteiger partial charge in [0, 0.05) is 18.7 Å². The molecular weight excluding hydrogens is 424 g/mol. The summed E-state index contributed by atoms with van der Waals surface area (Å²) in [6, 6.07) is 31.8. The molecule has 1 fully saturated rings. The van der Waals surface area contributed by atoms with E-state index in [-0.39, 0.29) is 18.4 Å². The molecule has 34 heavy (non-hydrogen) atoms. The summed E-state index contributed by atoms with van der Waals surface area (Å²) >= 11 is 0. The fourth-order valence-electron chi connectivity index (χ4n) is 5.00. The van der Waals surface area contributed by atoms with Crippen LogP contribution >= 0.6 is 0 Å². The molecule has 1 saturated heterocycles. The first-order valence-electron chi connectivity index (χ1n) is 11.5. The number of carbonyl (C=O) groups excluding carboxylic acids is 2. The van der Waals surface area contributed by atoms with E-state index in [9.17, 15) is 9.59 Å². The number of furan rings is 1. The molecule has 1 aromatic heterocycles. The van der Waals surface area contributed by atoms with E-state index in [2.05, 4.69) is 0 Å². The molecular formula is C29H26N2O3. The highest BCUT2D eigenvalue weighted by Crippen LogP contribution is 2.54. The molecule has 0 spiro atoms. The van der Waals surface area contributed by atoms with Crippen LogP contribution < -0.4 is 0 Å². The average molecular weight is 451 g/mol. The topological polar surface area (TPSA) is 53.8 Å². The van der Waals surface area contributed by atoms with Crippen molar-refractivity contribution in [2.45, 2.75) is 25.0 Å². The lowest BCUT2D eigenvalue weighted by molar-refractivity contribution is -0.179. The van der Waals surface area contributed by atoms with E-state index in [1.54, 1.807) is 28.2 Å². The quantitative estimate of drug-likeness (QED) is 0.353. The normalized spacial score (nSPS) is 19.5. The van der Waals surface area contributed by atoms with Gasteiger partial charge < -0.3 is 14.2 Å². The first-order valence-corrected chi connectivity index (χ1v) is 11.5. The lowest BCUT2D eigenvalue weighted by Crippen LogP contribution is -2.73. The van der Waals surface area contributed by atoms with Crippen molar-refractivity contribution in [1.29, 1.82) is 0 Å². The standard InChI is InChI=1S/C29H26N2O3/c1-2-30-26(25-19-12-20-34-25)29(28(30)33,24-17-10-5-11-18-24)31(21-22-13-6-3-7-14-22)27(32)23-15-8-4-9-16-23/h3-20,26H,2,21H2,1H3. The summed E-state index contributed by atoms with van der Waals surface area (Å²) in [6.45, 7) is 2.74. The van der Waals surface area contributed by atoms with Crippen molar-refractivity contribution in [1.82, 2.24) is 9.80 Å². The first-order chi connectivity index (χ1) is 16.7. The van der Waals surface area contributed by atoms with Gasteiger partial charge in [-0.05, 0) is 42.3 Å². The molecule has 0 N–H and O–H groups in total. The van der Waals surface area contributed by atoms with Gasteiger partial charge in [-0.2, -0.15) is 0 Å². The number of β-lactam (4-membered cyclic amide) rings is 1. The Hall–Kier alpha value is -4.12. The Kier molecular flexibility index (Phi) is 5.76. The van der Waals surface area contributed by atoms with Gasteiger partial charge in [0.15, 0.2) is 5.54 Å². The number of amides is 2. The minimum Gasteiger partial charge on any atom is -0.467 e. The zero-order chi connectivity index (χ0) is 23.5. The van der Waals surface area contributed by atoms with Gasteiger partial charge in [0.25, 0.3) is 11.8 Å². The number of nitrogens with zero attached hydrogens (tertiary/aromatic N) is 2. The van der Waals surface area contributed by atoms with Crippen molar-refractivity contribution in [3.05, 3.63) is 132 Å². The van der Waals surface area contributed by atoms with Gasteiger partial charge in [-0.1, -0.05) is 78.9 Å². The zero-order valence-electron chi connectivity index (χ0n) is 19.0. The van der Waals surface area contributed by atoms with Crippen LogP contribution in [0.2, 0.25) is 0 Å². The number of hydrogen-bond acceptors (Lipinski definition) is 3. The molecule has 5 rings (SSSR count). The molecule has 3 aromatic carbocycles. The minimum absolute atomic E-state index is 0.109. The molecule has 5 heteroatoms. The van der Waals surface area contributed by atoms with Crippen LogP contribution in [0.25, 0.3) is 0 Å². The van der Waals surface area contributed by atoms with E-state index in [1.807, 2.05) is 97.9 Å². The lowest BCUT2D eigenvalue weighted by Gasteiger charge is -2.59. The van der Waals surface area contributed by atoms with Gasteiger partial charge in [-0.15, -0.1) is 0 Å². The molecule has 0 radical (unpaired) electrons. The molecule has 0 saturated carbocycles. The molecule has 2 unspecified atom stereocenters. The molecule has 4 aromatic rings. The van der Waals surface area contributed by atoms with Crippen LogP contribution in [0.4, 0.5) is 0 Å². The van der Waals surface area contributed by atoms with Crippen molar-refractivity contribution < 1.29 is 14.0 Å². The molecule has 2 heterocycles. The van der Waals surface area contributed by atoms with Gasteiger partial charge in [-0.25, -0.2) is 0 Å². The molecule has 0 bridgehead atoms. The Morgan fingerprint density at radius 3 is 2.09 bits per heavy atom. The predicted octanol–water partition coefficient (Wildman–Crippen LogP) is 5.42. The highest BCUT2D eigenvalue weighted by molar-refractivity contribution is 6.03. The highest BCUT2D eigenvalue weighted by atomic mass is 16.3. The van der Waals surface area contributed by atoms with E-state index >= 15 is 0 Å². The highest BCUT2D eigenvalue weighted by Gasteiger charge is 2.67. The average Bonchev–Trinajstić information content (AvgIpc) is 3.42. The second-order valence-electron chi connectivity index (χ2n) is 8.38. The van der Waals surface area contributed by atoms with E-state index in [0.717, 1.165) is 11.1 Å². The SMILES string of the molecule is CCN1C(=O)C(c2ccccc2)(N(Cc2ccccc2)C(=O)c2ccccc2)C1c1ccco1. The summed E-state index contributed by atoms with van der Waals surface area (Å²) in [7, 11) is 0. The smallest absolute Gasteiger partial charge is 0.256 e. The Morgan fingerprint density at radius 2 is 1.50 bits per heavy atom. The van der Waals surface area contributed by atoms with Crippen molar-refractivity contribution >= 4 is 11.8 Å². The van der Waals surface area contributed by atoms with Crippen LogP contribution in [0, 0.1) is 0 Å². The largest absolute Gasteiger partial charge is 0.467 e. The first kappa shape index (κ1) is 21.7. The van der Waals surface area contributed by atoms with Gasteiger partial charge in [0.2, 0.25) is 0 Å². The molecule has 5 nitrogen and oxygen atoms in total. The third-order valence-electron chi connectivity index (χ3n) is 6.54. The molecule has 1 aliphatic heterocycles. The Balaban J connectivity index is 1.74. The van der Waals surface area contributed by atoms with E-state index in [4.69, 9.17) is 4.42 Å². The van der Waals surface area contributed by atoms with E-state index in [0.29, 0.717) is 17.9 Å². The molecule has 2 atom stereocenters. The lowest BCUT2D eigenvalue weighted by atomic mass is 9.70. The van der Waals surface area contributed by atoms with Crippen molar-refractivity contribution in [3.8, 4) is 0 Å². The van der Waals surface area contributed by atoms with Gasteiger partial charge >= 0.3 is 0 Å². The summed E-state index contributed by atoms with van der Waals surface area (Å²) in [5, 5.41) is 0. The van der Waals surface area contributed by atoms with Gasteiger partial charge in [0.05, 0.1) is 6.26 Å². The Bertz CT molecular complexity index is 1260. The van der Waals surface area contributed by atoms with Crippen LogP contribution in [0.15, 0.2) is 114 Å². The number of rotatable bonds is 7. The van der Waals surface area contributed by atoms with E-state index in [1.165, 1.54) is 0 Å². The summed E-state index contributed by atoms with van der Waals surface area (Å²) in [6.07, 6.45) is 1.61. The number of hydrogen-bond donors (Lipinski definition) is 0. The molecule has 2 amide bonds. The van der Waals surface area contributed by atoms with Crippen molar-refractivity contribution in [2.75, 3.05) is 6.54 Å². The second kappa shape index (κ2) is 9.02. The van der Waals surface area contributed by atoms with Crippen molar-refractivity contribution in [3.63, 3.8) is 0 Å². The van der Waals surface area contributed by atoms with Crippen LogP contribution in [-0.4, -0.2) is 28.2 Å². The van der Waals surface area contributed by atoms with Gasteiger partial charge in [-0.3, -0.25) is 9.59 Å². The maximum Gasteiger partial charge on any atom is 0.256 e. The summed E-state index contributed by atoms with van der Waals surface area (Å²) in [4.78, 5) is 31.7. The Morgan fingerprint density at radius 1 is 0.882 bits per heavy atom. The van der Waals surface area contributed by atoms with Crippen LogP contribution in [0.3, 0.4) is 0 Å². The summed E-state index contributed by atoms with van der Waals surface area (Å²) in [5.41, 5.74) is 1.02. The molecule has 1 aliphatic rings. The molecule has 170 valence electrons. The predicted molar refractivity (Wildman–Crippen MR) is 130 cm³/mol. The second-order valence-corrected chi connectivity index (χ2v) is 8.38. The zero-order valence-corrected chi connectivity index (χ0v) is 19.0. The summed E-state index contributed by atoms with van der Waals surface area (Å²) in [5.74, 6) is 0.348. The van der Waals surface area contributed by atoms with Gasteiger partial charge in [0.1, 0.15) is 11.8 Å². The monoisotopic (exact) mass is 450 g/mol. The third kappa shape index (κ3) is 3.41. The maximum absolute atomic E-state index is 14.1. The molecule has 0 aliphatic carbocycles. The van der Waals surface area contributed by atoms with Crippen LogP contribution in [-0.2, 0) is 16.9 Å². The number of likely N-dealkylation sites (tertiary alicyclic amines) is 1. The maximum atomic E-state index is 14.1. The van der Waals surface area contributed by atoms with Crippen LogP contribution in [0.5, 0.6) is 0 Å². The van der Waals surface area contributed by atoms with Crippen LogP contribution in [0.1, 0.15) is 40.2 Å². The number of likely N-dealkylation sites (N-methyl/N-ethyl adjacent to an activating group) is 1. The fraction of sp³-hybridized carbons (Fsp3) is 0.172. The summed E-state index contributed by atoms with van der Waals surface area (Å²) < 4.78 is 5.85. The van der Waals surface area contributed by atoms with Crippen molar-refractivity contribution in [2.24, 2.45) is 0 Å². The fourth-order valence-corrected chi connectivity index (χ4v) is 5.00. The number of carbonyl (C=O) groups is 2. The number of benzene rings is 3. The third-order valence-corrected chi connectivity index (χ3v) is 6.54. The minimum atomic E-state index is -1.24. The Labute approximate surface area is 199 Å².